The molecule has 1 saturated heterocycles. The molecule has 1 aromatic heterocycles. The Labute approximate surface area is 132 Å². The zero-order valence-electron chi connectivity index (χ0n) is 13.5. The smallest absolute Gasteiger partial charge is 0.228 e. The molecule has 1 aromatic rings. The second kappa shape index (κ2) is 7.27. The van der Waals surface area contributed by atoms with E-state index in [2.05, 4.69) is 4.98 Å². The van der Waals surface area contributed by atoms with Gasteiger partial charge in [-0.1, -0.05) is 19.3 Å². The average molecular weight is 305 g/mol. The van der Waals surface area contributed by atoms with Crippen LogP contribution in [0, 0.1) is 11.8 Å². The van der Waals surface area contributed by atoms with E-state index in [9.17, 15) is 4.79 Å². The van der Waals surface area contributed by atoms with Crippen molar-refractivity contribution in [3.63, 3.8) is 0 Å². The molecule has 1 aliphatic carbocycles. The highest BCUT2D eigenvalue weighted by molar-refractivity contribution is 5.79. The largest absolute Gasteiger partial charge is 0.381 e. The van der Waals surface area contributed by atoms with E-state index in [0.29, 0.717) is 19.1 Å². The number of hydrogen-bond acceptors (Lipinski definition) is 3. The number of carbonyl (C=O) groups is 1. The predicted molar refractivity (Wildman–Crippen MR) is 84.1 cm³/mol. The highest BCUT2D eigenvalue weighted by Gasteiger charge is 2.30. The van der Waals surface area contributed by atoms with Gasteiger partial charge in [-0.2, -0.15) is 0 Å². The monoisotopic (exact) mass is 305 g/mol. The number of ether oxygens (including phenoxy) is 1. The van der Waals surface area contributed by atoms with Crippen LogP contribution in [0.2, 0.25) is 0 Å². The first-order chi connectivity index (χ1) is 10.7. The van der Waals surface area contributed by atoms with Crippen molar-refractivity contribution in [2.45, 2.75) is 45.1 Å². The summed E-state index contributed by atoms with van der Waals surface area (Å²) in [6.45, 7) is 2.80. The van der Waals surface area contributed by atoms with E-state index >= 15 is 0 Å². The quantitative estimate of drug-likeness (QED) is 0.839. The van der Waals surface area contributed by atoms with Crippen LogP contribution in [-0.2, 0) is 23.1 Å². The van der Waals surface area contributed by atoms with Crippen LogP contribution in [0.15, 0.2) is 12.4 Å². The summed E-state index contributed by atoms with van der Waals surface area (Å²) in [6, 6.07) is 0. The van der Waals surface area contributed by atoms with Gasteiger partial charge >= 0.3 is 0 Å². The van der Waals surface area contributed by atoms with Crippen LogP contribution in [0.5, 0.6) is 0 Å². The minimum absolute atomic E-state index is 0.0452. The summed E-state index contributed by atoms with van der Waals surface area (Å²) in [5, 5.41) is 0. The molecule has 5 nitrogen and oxygen atoms in total. The van der Waals surface area contributed by atoms with Gasteiger partial charge in [0.15, 0.2) is 0 Å². The lowest BCUT2D eigenvalue weighted by atomic mass is 9.88. The van der Waals surface area contributed by atoms with Crippen molar-refractivity contribution in [2.24, 2.45) is 18.9 Å². The lowest BCUT2D eigenvalue weighted by Gasteiger charge is -2.31. The van der Waals surface area contributed by atoms with Crippen LogP contribution in [-0.4, -0.2) is 40.1 Å². The molecule has 1 saturated carbocycles. The molecule has 1 aliphatic heterocycles. The van der Waals surface area contributed by atoms with E-state index < -0.39 is 0 Å². The first kappa shape index (κ1) is 15.5. The van der Waals surface area contributed by atoms with Crippen LogP contribution in [0.3, 0.4) is 0 Å². The molecule has 1 atom stereocenters. The van der Waals surface area contributed by atoms with Crippen molar-refractivity contribution in [2.75, 3.05) is 19.8 Å². The molecule has 0 spiro atoms. The van der Waals surface area contributed by atoms with Crippen molar-refractivity contribution in [1.29, 1.82) is 0 Å². The number of carbonyl (C=O) groups excluding carboxylic acids is 1. The van der Waals surface area contributed by atoms with Crippen LogP contribution in [0.4, 0.5) is 0 Å². The molecule has 1 amide bonds. The van der Waals surface area contributed by atoms with Gasteiger partial charge in [0.2, 0.25) is 5.91 Å². The number of aromatic nitrogens is 2. The van der Waals surface area contributed by atoms with Gasteiger partial charge in [-0.3, -0.25) is 4.79 Å². The van der Waals surface area contributed by atoms with Gasteiger partial charge in [0.05, 0.1) is 19.1 Å². The van der Waals surface area contributed by atoms with Crippen molar-refractivity contribution in [3.05, 3.63) is 18.2 Å². The molecule has 0 N–H and O–H groups in total. The number of imidazole rings is 1. The lowest BCUT2D eigenvalue weighted by Crippen LogP contribution is -2.40. The third-order valence-electron chi connectivity index (χ3n) is 5.05. The third-order valence-corrected chi connectivity index (χ3v) is 5.05. The first-order valence-corrected chi connectivity index (χ1v) is 8.57. The second-order valence-corrected chi connectivity index (χ2v) is 6.74. The van der Waals surface area contributed by atoms with E-state index in [0.717, 1.165) is 25.4 Å². The molecule has 22 heavy (non-hydrogen) atoms. The fourth-order valence-electron chi connectivity index (χ4n) is 3.62. The zero-order chi connectivity index (χ0) is 15.4. The van der Waals surface area contributed by atoms with E-state index in [1.807, 2.05) is 22.7 Å². The molecule has 5 heteroatoms. The number of hydrogen-bond donors (Lipinski definition) is 0. The van der Waals surface area contributed by atoms with E-state index in [1.54, 1.807) is 6.20 Å². The van der Waals surface area contributed by atoms with Gasteiger partial charge in [-0.05, 0) is 25.2 Å². The molecular formula is C17H27N3O2. The number of amides is 1. The second-order valence-electron chi connectivity index (χ2n) is 6.74. The average Bonchev–Trinajstić information content (AvgIpc) is 3.19. The molecule has 122 valence electrons. The summed E-state index contributed by atoms with van der Waals surface area (Å²) in [5.74, 6) is 1.92. The minimum Gasteiger partial charge on any atom is -0.381 e. The summed E-state index contributed by atoms with van der Waals surface area (Å²) in [5.41, 5.74) is 0. The van der Waals surface area contributed by atoms with Crippen LogP contribution in [0.25, 0.3) is 0 Å². The maximum Gasteiger partial charge on any atom is 0.228 e. The standard InChI is InChI=1S/C17H27N3O2/c1-19-9-8-18-16(19)12-20(11-14-5-3-2-4-6-14)17(21)15-7-10-22-13-15/h8-9,14-15H,2-7,10-13H2,1H3. The van der Waals surface area contributed by atoms with Gasteiger partial charge in [0, 0.05) is 32.6 Å². The summed E-state index contributed by atoms with van der Waals surface area (Å²) in [7, 11) is 1.99. The van der Waals surface area contributed by atoms with Crippen molar-refractivity contribution in [3.8, 4) is 0 Å². The van der Waals surface area contributed by atoms with Gasteiger partial charge in [0.25, 0.3) is 0 Å². The molecule has 2 aliphatic rings. The summed E-state index contributed by atoms with van der Waals surface area (Å²) in [6.07, 6.45) is 11.1. The molecular weight excluding hydrogens is 278 g/mol. The Morgan fingerprint density at radius 2 is 2.18 bits per heavy atom. The summed E-state index contributed by atoms with van der Waals surface area (Å²) < 4.78 is 7.42. The summed E-state index contributed by atoms with van der Waals surface area (Å²) in [4.78, 5) is 19.3. The SMILES string of the molecule is Cn1ccnc1CN(CC1CCCCC1)C(=O)C1CCOC1. The van der Waals surface area contributed by atoms with Gasteiger partial charge in [0.1, 0.15) is 5.82 Å². The van der Waals surface area contributed by atoms with Gasteiger partial charge < -0.3 is 14.2 Å². The van der Waals surface area contributed by atoms with E-state index in [-0.39, 0.29) is 11.8 Å². The zero-order valence-corrected chi connectivity index (χ0v) is 13.5. The normalized spacial score (nSPS) is 22.9. The predicted octanol–water partition coefficient (Wildman–Crippen LogP) is 2.37. The van der Waals surface area contributed by atoms with Crippen molar-refractivity contribution < 1.29 is 9.53 Å². The van der Waals surface area contributed by atoms with Gasteiger partial charge in [-0.25, -0.2) is 4.98 Å². The Balaban J connectivity index is 1.68. The van der Waals surface area contributed by atoms with Crippen molar-refractivity contribution >= 4 is 5.91 Å². The number of aryl methyl sites for hydroxylation is 1. The Hall–Kier alpha value is -1.36. The molecule has 2 heterocycles. The maximum atomic E-state index is 12.9. The van der Waals surface area contributed by atoms with E-state index in [1.165, 1.54) is 32.1 Å². The van der Waals surface area contributed by atoms with Crippen LogP contribution in [0.1, 0.15) is 44.3 Å². The minimum atomic E-state index is 0.0452. The molecule has 0 aromatic carbocycles. The topological polar surface area (TPSA) is 47.4 Å². The highest BCUT2D eigenvalue weighted by Crippen LogP contribution is 2.26. The van der Waals surface area contributed by atoms with Crippen LogP contribution >= 0.6 is 0 Å². The van der Waals surface area contributed by atoms with Crippen molar-refractivity contribution in [1.82, 2.24) is 14.5 Å². The fraction of sp³-hybridized carbons (Fsp3) is 0.765. The Bertz CT molecular complexity index is 488. The number of nitrogens with zero attached hydrogens (tertiary/aromatic N) is 3. The molecule has 2 fully saturated rings. The molecule has 0 radical (unpaired) electrons. The Morgan fingerprint density at radius 3 is 2.82 bits per heavy atom. The first-order valence-electron chi connectivity index (χ1n) is 8.57. The third kappa shape index (κ3) is 3.69. The molecule has 0 bridgehead atoms. The Morgan fingerprint density at radius 1 is 1.36 bits per heavy atom. The Kier molecular flexibility index (Phi) is 5.13. The highest BCUT2D eigenvalue weighted by atomic mass is 16.5. The molecule has 3 rings (SSSR count). The van der Waals surface area contributed by atoms with E-state index in [4.69, 9.17) is 4.74 Å². The summed E-state index contributed by atoms with van der Waals surface area (Å²) >= 11 is 0. The number of rotatable bonds is 5. The maximum absolute atomic E-state index is 12.9. The van der Waals surface area contributed by atoms with Gasteiger partial charge in [-0.15, -0.1) is 0 Å². The fourth-order valence-corrected chi connectivity index (χ4v) is 3.62. The van der Waals surface area contributed by atoms with Crippen LogP contribution < -0.4 is 0 Å². The molecule has 1 unspecified atom stereocenters. The lowest BCUT2D eigenvalue weighted by molar-refractivity contribution is -0.137.